The van der Waals surface area contributed by atoms with Crippen LogP contribution < -0.4 is 0 Å². The van der Waals surface area contributed by atoms with E-state index in [0.29, 0.717) is 11.1 Å². The molecule has 162 valence electrons. The van der Waals surface area contributed by atoms with Crippen molar-refractivity contribution in [3.05, 3.63) is 35.4 Å². The van der Waals surface area contributed by atoms with Gasteiger partial charge in [0.1, 0.15) is 0 Å². The highest BCUT2D eigenvalue weighted by atomic mass is 28.4. The summed E-state index contributed by atoms with van der Waals surface area (Å²) in [5, 5.41) is 0. The van der Waals surface area contributed by atoms with Crippen molar-refractivity contribution in [2.75, 3.05) is 14.2 Å². The molecule has 0 aromatic heterocycles. The molecule has 0 bridgehead atoms. The molecule has 0 spiro atoms. The van der Waals surface area contributed by atoms with Crippen LogP contribution in [0, 0.1) is 0 Å². The van der Waals surface area contributed by atoms with Gasteiger partial charge in [0.15, 0.2) is 16.6 Å². The van der Waals surface area contributed by atoms with Gasteiger partial charge < -0.3 is 8.85 Å². The second kappa shape index (κ2) is 9.43. The SMILES string of the molecule is CO[Si](C)(C)CC(c1ccc(C(C[Si](C)(C)OC)[Si](C)(C)C)cc1)[Si](C)(C)C. The van der Waals surface area contributed by atoms with Crippen LogP contribution in [0.15, 0.2) is 24.3 Å². The smallest absolute Gasteiger partial charge is 0.186 e. The van der Waals surface area contributed by atoms with Crippen molar-refractivity contribution < 1.29 is 8.85 Å². The summed E-state index contributed by atoms with van der Waals surface area (Å²) in [6.45, 7) is 24.4. The topological polar surface area (TPSA) is 18.5 Å². The summed E-state index contributed by atoms with van der Waals surface area (Å²) in [5.41, 5.74) is 4.38. The molecule has 0 aliphatic rings. The second-order valence-electron chi connectivity index (χ2n) is 11.8. The van der Waals surface area contributed by atoms with Crippen LogP contribution in [0.2, 0.25) is 77.6 Å². The minimum Gasteiger partial charge on any atom is -0.420 e. The molecule has 0 heterocycles. The lowest BCUT2D eigenvalue weighted by Gasteiger charge is -2.36. The van der Waals surface area contributed by atoms with Gasteiger partial charge in [0, 0.05) is 14.2 Å². The van der Waals surface area contributed by atoms with Crippen LogP contribution in [0.4, 0.5) is 0 Å². The lowest BCUT2D eigenvalue weighted by atomic mass is 10.1. The average Bonchev–Trinajstić information content (AvgIpc) is 2.56. The normalized spacial score (nSPS) is 16.1. The first-order chi connectivity index (χ1) is 12.5. The van der Waals surface area contributed by atoms with Gasteiger partial charge in [0.25, 0.3) is 0 Å². The lowest BCUT2D eigenvalue weighted by molar-refractivity contribution is 0.402. The zero-order chi connectivity index (χ0) is 22.0. The molecule has 0 saturated carbocycles. The zero-order valence-electron chi connectivity index (χ0n) is 20.7. The highest BCUT2D eigenvalue weighted by Gasteiger charge is 2.37. The molecule has 0 aliphatic carbocycles. The summed E-state index contributed by atoms with van der Waals surface area (Å²) in [7, 11) is -2.07. The van der Waals surface area contributed by atoms with Crippen LogP contribution in [0.3, 0.4) is 0 Å². The summed E-state index contributed by atoms with van der Waals surface area (Å²) in [6.07, 6.45) is 0. The summed E-state index contributed by atoms with van der Waals surface area (Å²) < 4.78 is 11.8. The maximum absolute atomic E-state index is 5.92. The van der Waals surface area contributed by atoms with Crippen LogP contribution >= 0.6 is 0 Å². The molecule has 2 unspecified atom stereocenters. The molecular weight excluding hydrogens is 409 g/mol. The Bertz CT molecular complexity index is 558. The second-order valence-corrected chi connectivity index (χ2v) is 31.4. The van der Waals surface area contributed by atoms with E-state index < -0.39 is 32.8 Å². The van der Waals surface area contributed by atoms with Crippen LogP contribution in [-0.4, -0.2) is 47.0 Å². The molecule has 0 N–H and O–H groups in total. The number of rotatable bonds is 10. The summed E-state index contributed by atoms with van der Waals surface area (Å²) in [4.78, 5) is 0. The van der Waals surface area contributed by atoms with E-state index in [1.807, 2.05) is 14.2 Å². The van der Waals surface area contributed by atoms with Crippen LogP contribution in [0.5, 0.6) is 0 Å². The van der Waals surface area contributed by atoms with Gasteiger partial charge in [0.05, 0.1) is 16.1 Å². The molecule has 1 aromatic carbocycles. The predicted octanol–water partition coefficient (Wildman–Crippen LogP) is 7.31. The van der Waals surface area contributed by atoms with Crippen molar-refractivity contribution in [1.82, 2.24) is 0 Å². The standard InChI is InChI=1S/C22H46O2Si4/c1-23-27(9,10)17-21(25(3,4)5)19-13-15-20(16-14-19)22(26(6,7)8)18-28(11,12)24-2/h13-16,21-22H,17-18H2,1-12H3. The fourth-order valence-electron chi connectivity index (χ4n) is 3.96. The van der Waals surface area contributed by atoms with E-state index in [1.165, 1.54) is 23.2 Å². The highest BCUT2D eigenvalue weighted by molar-refractivity contribution is 6.81. The van der Waals surface area contributed by atoms with Crippen LogP contribution in [-0.2, 0) is 8.85 Å². The van der Waals surface area contributed by atoms with Crippen molar-refractivity contribution in [2.45, 2.75) is 88.6 Å². The predicted molar refractivity (Wildman–Crippen MR) is 137 cm³/mol. The fourth-order valence-corrected chi connectivity index (χ4v) is 17.0. The summed E-state index contributed by atoms with van der Waals surface area (Å²) in [6, 6.07) is 12.2. The quantitative estimate of drug-likeness (QED) is 0.345. The largest absolute Gasteiger partial charge is 0.420 e. The molecule has 0 saturated heterocycles. The Balaban J connectivity index is 3.24. The van der Waals surface area contributed by atoms with Crippen molar-refractivity contribution in [1.29, 1.82) is 0 Å². The Kier molecular flexibility index (Phi) is 8.77. The molecule has 0 radical (unpaired) electrons. The Morgan fingerprint density at radius 2 is 0.821 bits per heavy atom. The monoisotopic (exact) mass is 454 g/mol. The fraction of sp³-hybridized carbons (Fsp3) is 0.727. The minimum absolute atomic E-state index is 0.665. The zero-order valence-corrected chi connectivity index (χ0v) is 24.7. The first-order valence-corrected chi connectivity index (χ1v) is 24.1. The molecule has 0 fully saturated rings. The van der Waals surface area contributed by atoms with Gasteiger partial charge in [0.2, 0.25) is 0 Å². The summed E-state index contributed by atoms with van der Waals surface area (Å²) >= 11 is 0. The maximum Gasteiger partial charge on any atom is 0.186 e. The van der Waals surface area contributed by atoms with Crippen molar-refractivity contribution >= 4 is 32.8 Å². The minimum atomic E-state index is -1.60. The number of hydrogen-bond acceptors (Lipinski definition) is 2. The molecule has 1 rings (SSSR count). The van der Waals surface area contributed by atoms with Crippen LogP contribution in [0.1, 0.15) is 22.2 Å². The van der Waals surface area contributed by atoms with Gasteiger partial charge >= 0.3 is 0 Å². The van der Waals surface area contributed by atoms with E-state index in [0.717, 1.165) is 0 Å². The lowest BCUT2D eigenvalue weighted by Crippen LogP contribution is -2.40. The van der Waals surface area contributed by atoms with Gasteiger partial charge in [-0.3, -0.25) is 0 Å². The van der Waals surface area contributed by atoms with Gasteiger partial charge in [-0.05, 0) is 60.5 Å². The third-order valence-corrected chi connectivity index (χ3v) is 17.4. The van der Waals surface area contributed by atoms with Crippen molar-refractivity contribution in [3.63, 3.8) is 0 Å². The Morgan fingerprint density at radius 1 is 0.571 bits per heavy atom. The van der Waals surface area contributed by atoms with Crippen LogP contribution in [0.25, 0.3) is 0 Å². The van der Waals surface area contributed by atoms with E-state index in [1.54, 1.807) is 0 Å². The van der Waals surface area contributed by atoms with E-state index in [2.05, 4.69) is 89.7 Å². The van der Waals surface area contributed by atoms with Gasteiger partial charge in [-0.15, -0.1) is 0 Å². The van der Waals surface area contributed by atoms with E-state index in [-0.39, 0.29) is 0 Å². The Hall–Kier alpha value is 0.00753. The molecule has 1 aromatic rings. The van der Waals surface area contributed by atoms with E-state index in [9.17, 15) is 0 Å². The van der Waals surface area contributed by atoms with Gasteiger partial charge in [-0.25, -0.2) is 0 Å². The first-order valence-electron chi connectivity index (χ1n) is 10.7. The van der Waals surface area contributed by atoms with Crippen molar-refractivity contribution in [2.24, 2.45) is 0 Å². The average molecular weight is 455 g/mol. The molecule has 2 atom stereocenters. The molecule has 6 heteroatoms. The molecular formula is C22H46O2Si4. The van der Waals surface area contributed by atoms with Gasteiger partial charge in [-0.1, -0.05) is 63.5 Å². The number of benzene rings is 1. The van der Waals surface area contributed by atoms with E-state index >= 15 is 0 Å². The third-order valence-electron chi connectivity index (χ3n) is 6.33. The Morgan fingerprint density at radius 3 is 1.00 bits per heavy atom. The maximum atomic E-state index is 5.92. The molecule has 0 aliphatic heterocycles. The summed E-state index contributed by atoms with van der Waals surface area (Å²) in [5.74, 6) is 0. The first kappa shape index (κ1) is 26.0. The van der Waals surface area contributed by atoms with Crippen molar-refractivity contribution in [3.8, 4) is 0 Å². The molecule has 2 nitrogen and oxygen atoms in total. The van der Waals surface area contributed by atoms with E-state index in [4.69, 9.17) is 8.85 Å². The Labute approximate surface area is 179 Å². The highest BCUT2D eigenvalue weighted by Crippen LogP contribution is 2.38. The molecule has 28 heavy (non-hydrogen) atoms. The number of hydrogen-bond donors (Lipinski definition) is 0. The van der Waals surface area contributed by atoms with Gasteiger partial charge in [-0.2, -0.15) is 0 Å². The third kappa shape index (κ3) is 7.68. The molecule has 0 amide bonds.